The van der Waals surface area contributed by atoms with Crippen molar-refractivity contribution in [2.24, 2.45) is 0 Å². The van der Waals surface area contributed by atoms with Gasteiger partial charge in [0.15, 0.2) is 0 Å². The lowest BCUT2D eigenvalue weighted by molar-refractivity contribution is -0.142. The molecule has 0 radical (unpaired) electrons. The van der Waals surface area contributed by atoms with E-state index in [9.17, 15) is 4.79 Å². The van der Waals surface area contributed by atoms with Crippen molar-refractivity contribution in [2.75, 3.05) is 0 Å². The van der Waals surface area contributed by atoms with Gasteiger partial charge in [-0.25, -0.2) is 0 Å². The van der Waals surface area contributed by atoms with Gasteiger partial charge in [0.1, 0.15) is 11.2 Å². The Morgan fingerprint density at radius 3 is 2.89 bits per heavy atom. The fourth-order valence-electron chi connectivity index (χ4n) is 1.79. The predicted octanol–water partition coefficient (Wildman–Crippen LogP) is 3.92. The average Bonchev–Trinajstić information content (AvgIpc) is 2.30. The molecule has 0 spiro atoms. The molecule has 0 atom stereocenters. The van der Waals surface area contributed by atoms with Crippen LogP contribution in [0.1, 0.15) is 18.1 Å². The first-order chi connectivity index (χ1) is 8.49. The number of halogens is 1. The number of hydrogen-bond donors (Lipinski definition) is 1. The first kappa shape index (κ1) is 13.1. The van der Waals surface area contributed by atoms with Crippen LogP contribution in [0.5, 0.6) is 0 Å². The molecule has 3 nitrogen and oxygen atoms in total. The van der Waals surface area contributed by atoms with E-state index >= 15 is 0 Å². The molecule has 1 aromatic heterocycles. The number of esters is 1. The van der Waals surface area contributed by atoms with Crippen LogP contribution in [0.15, 0.2) is 18.2 Å². The van der Waals surface area contributed by atoms with Crippen molar-refractivity contribution in [3.8, 4) is 0 Å². The maximum atomic E-state index is 10.9. The Balaban J connectivity index is 2.66. The van der Waals surface area contributed by atoms with Crippen molar-refractivity contribution in [3.05, 3.63) is 39.0 Å². The topological polar surface area (TPSA) is 42.1 Å². The number of rotatable bonds is 2. The first-order valence-electron chi connectivity index (χ1n) is 5.43. The lowest BCUT2D eigenvalue weighted by Gasteiger charge is -2.11. The largest absolute Gasteiger partial charge is 0.461 e. The van der Waals surface area contributed by atoms with Crippen LogP contribution in [-0.2, 0) is 16.1 Å². The molecule has 2 aromatic rings. The van der Waals surface area contributed by atoms with E-state index in [2.05, 4.69) is 4.98 Å². The van der Waals surface area contributed by atoms with E-state index < -0.39 is 0 Å². The molecule has 0 saturated heterocycles. The SMILES string of the molecule is CC(=O)OCc1c(C)c(=S)[nH]c2ccc(Cl)cc12. The molecule has 94 valence electrons. The number of nitrogens with one attached hydrogen (secondary N) is 1. The summed E-state index contributed by atoms with van der Waals surface area (Å²) >= 11 is 11.2. The Bertz CT molecular complexity index is 678. The van der Waals surface area contributed by atoms with Gasteiger partial charge in [-0.1, -0.05) is 23.8 Å². The number of pyridine rings is 1. The van der Waals surface area contributed by atoms with Crippen LogP contribution in [0.4, 0.5) is 0 Å². The second-order valence-electron chi connectivity index (χ2n) is 4.03. The Morgan fingerprint density at radius 2 is 2.22 bits per heavy atom. The molecular weight excluding hydrogens is 270 g/mol. The number of aromatic nitrogens is 1. The minimum Gasteiger partial charge on any atom is -0.461 e. The van der Waals surface area contributed by atoms with Crippen LogP contribution in [0.25, 0.3) is 10.9 Å². The van der Waals surface area contributed by atoms with Gasteiger partial charge in [-0.2, -0.15) is 0 Å². The van der Waals surface area contributed by atoms with Gasteiger partial charge in [0.2, 0.25) is 0 Å². The van der Waals surface area contributed by atoms with E-state index in [0.717, 1.165) is 22.0 Å². The zero-order valence-electron chi connectivity index (χ0n) is 10.0. The van der Waals surface area contributed by atoms with Crippen LogP contribution in [0.3, 0.4) is 0 Å². The third-order valence-electron chi connectivity index (χ3n) is 2.77. The summed E-state index contributed by atoms with van der Waals surface area (Å²) in [6, 6.07) is 5.50. The molecule has 0 fully saturated rings. The minimum absolute atomic E-state index is 0.205. The Kier molecular flexibility index (Phi) is 3.68. The number of aromatic amines is 1. The van der Waals surface area contributed by atoms with Crippen molar-refractivity contribution in [1.82, 2.24) is 4.98 Å². The third kappa shape index (κ3) is 2.54. The molecule has 0 unspecified atom stereocenters. The molecule has 2 rings (SSSR count). The van der Waals surface area contributed by atoms with Crippen LogP contribution in [-0.4, -0.2) is 11.0 Å². The molecule has 0 aliphatic heterocycles. The molecule has 0 aliphatic rings. The zero-order chi connectivity index (χ0) is 13.3. The van der Waals surface area contributed by atoms with Gasteiger partial charge in [-0.15, -0.1) is 0 Å². The molecule has 1 heterocycles. The summed E-state index contributed by atoms with van der Waals surface area (Å²) in [7, 11) is 0. The summed E-state index contributed by atoms with van der Waals surface area (Å²) in [5.74, 6) is -0.316. The fraction of sp³-hybridized carbons (Fsp3) is 0.231. The van der Waals surface area contributed by atoms with Gasteiger partial charge < -0.3 is 9.72 Å². The number of carbonyl (C=O) groups excluding carboxylic acids is 1. The minimum atomic E-state index is -0.316. The summed E-state index contributed by atoms with van der Waals surface area (Å²) in [4.78, 5) is 14.1. The van der Waals surface area contributed by atoms with E-state index in [4.69, 9.17) is 28.6 Å². The van der Waals surface area contributed by atoms with Gasteiger partial charge in [-0.3, -0.25) is 4.79 Å². The highest BCUT2D eigenvalue weighted by Gasteiger charge is 2.09. The van der Waals surface area contributed by atoms with E-state index in [1.54, 1.807) is 6.07 Å². The fourth-order valence-corrected chi connectivity index (χ4v) is 2.20. The monoisotopic (exact) mass is 281 g/mol. The Hall–Kier alpha value is -1.39. The molecule has 0 amide bonds. The van der Waals surface area contributed by atoms with Crippen LogP contribution >= 0.6 is 23.8 Å². The summed E-state index contributed by atoms with van der Waals surface area (Å²) < 4.78 is 5.71. The van der Waals surface area contributed by atoms with E-state index in [0.29, 0.717) is 9.66 Å². The summed E-state index contributed by atoms with van der Waals surface area (Å²) in [5.41, 5.74) is 2.68. The highest BCUT2D eigenvalue weighted by molar-refractivity contribution is 7.71. The summed E-state index contributed by atoms with van der Waals surface area (Å²) in [6.45, 7) is 3.49. The molecule has 5 heteroatoms. The average molecular weight is 282 g/mol. The highest BCUT2D eigenvalue weighted by atomic mass is 35.5. The molecule has 0 bridgehead atoms. The van der Waals surface area contributed by atoms with E-state index in [-0.39, 0.29) is 12.6 Å². The molecule has 18 heavy (non-hydrogen) atoms. The summed E-state index contributed by atoms with van der Waals surface area (Å²) in [6.07, 6.45) is 0. The molecule has 1 aromatic carbocycles. The highest BCUT2D eigenvalue weighted by Crippen LogP contribution is 2.25. The van der Waals surface area contributed by atoms with Gasteiger partial charge in [0.05, 0.1) is 0 Å². The number of ether oxygens (including phenoxy) is 1. The van der Waals surface area contributed by atoms with Crippen molar-refractivity contribution >= 4 is 40.7 Å². The van der Waals surface area contributed by atoms with Gasteiger partial charge in [-0.05, 0) is 30.7 Å². The number of benzene rings is 1. The zero-order valence-corrected chi connectivity index (χ0v) is 11.6. The molecule has 1 N–H and O–H groups in total. The number of hydrogen-bond acceptors (Lipinski definition) is 3. The van der Waals surface area contributed by atoms with Crippen molar-refractivity contribution in [1.29, 1.82) is 0 Å². The maximum Gasteiger partial charge on any atom is 0.302 e. The Morgan fingerprint density at radius 1 is 1.50 bits per heavy atom. The van der Waals surface area contributed by atoms with Crippen LogP contribution in [0.2, 0.25) is 5.02 Å². The molecular formula is C13H12ClNO2S. The molecule has 0 saturated carbocycles. The number of fused-ring (bicyclic) bond motifs is 1. The van der Waals surface area contributed by atoms with Crippen LogP contribution in [0, 0.1) is 11.6 Å². The van der Waals surface area contributed by atoms with E-state index in [1.165, 1.54) is 6.92 Å². The van der Waals surface area contributed by atoms with Gasteiger partial charge >= 0.3 is 5.97 Å². The van der Waals surface area contributed by atoms with Crippen molar-refractivity contribution in [3.63, 3.8) is 0 Å². The van der Waals surface area contributed by atoms with Gasteiger partial charge in [0, 0.05) is 28.4 Å². The van der Waals surface area contributed by atoms with Crippen molar-refractivity contribution in [2.45, 2.75) is 20.5 Å². The van der Waals surface area contributed by atoms with Crippen molar-refractivity contribution < 1.29 is 9.53 Å². The third-order valence-corrected chi connectivity index (χ3v) is 3.41. The first-order valence-corrected chi connectivity index (χ1v) is 6.22. The van der Waals surface area contributed by atoms with E-state index in [1.807, 2.05) is 19.1 Å². The second kappa shape index (κ2) is 5.08. The maximum absolute atomic E-state index is 10.9. The normalized spacial score (nSPS) is 10.6. The molecule has 0 aliphatic carbocycles. The van der Waals surface area contributed by atoms with Crippen LogP contribution < -0.4 is 0 Å². The standard InChI is InChI=1S/C13H12ClNO2S/c1-7-11(6-17-8(2)16)10-5-9(14)3-4-12(10)15-13(7)18/h3-5H,6H2,1-2H3,(H,15,18). The quantitative estimate of drug-likeness (QED) is 0.670. The number of H-pyrrole nitrogens is 1. The lowest BCUT2D eigenvalue weighted by Crippen LogP contribution is -2.02. The second-order valence-corrected chi connectivity index (χ2v) is 4.87. The smallest absolute Gasteiger partial charge is 0.302 e. The predicted molar refractivity (Wildman–Crippen MR) is 74.3 cm³/mol. The summed E-state index contributed by atoms with van der Waals surface area (Å²) in [5, 5.41) is 1.56. The Labute approximate surface area is 115 Å². The lowest BCUT2D eigenvalue weighted by atomic mass is 10.1. The van der Waals surface area contributed by atoms with Gasteiger partial charge in [0.25, 0.3) is 0 Å². The number of carbonyl (C=O) groups is 1.